The van der Waals surface area contributed by atoms with Crippen LogP contribution in [-0.2, 0) is 6.54 Å². The molecule has 1 aromatic rings. The van der Waals surface area contributed by atoms with E-state index in [1.54, 1.807) is 0 Å². The van der Waals surface area contributed by atoms with Gasteiger partial charge in [-0.3, -0.25) is 4.90 Å². The summed E-state index contributed by atoms with van der Waals surface area (Å²) in [6.07, 6.45) is 1.50. The first-order valence-corrected chi connectivity index (χ1v) is 4.92. The molecule has 1 aliphatic heterocycles. The standard InChI is InChI=1S/C9H15N5/c1-8-9(13-12-7-11-8)6-14-4-2-10-3-5-14/h7,10H,2-6H2,1H3. The maximum Gasteiger partial charge on any atom is 0.138 e. The summed E-state index contributed by atoms with van der Waals surface area (Å²) in [4.78, 5) is 6.50. The predicted molar refractivity (Wildman–Crippen MR) is 52.7 cm³/mol. The average Bonchev–Trinajstić information content (AvgIpc) is 2.23. The molecule has 2 heterocycles. The van der Waals surface area contributed by atoms with Crippen molar-refractivity contribution < 1.29 is 0 Å². The van der Waals surface area contributed by atoms with Crippen LogP contribution in [-0.4, -0.2) is 46.3 Å². The molecule has 0 bridgehead atoms. The summed E-state index contributed by atoms with van der Waals surface area (Å²) in [5, 5.41) is 11.2. The van der Waals surface area contributed by atoms with Crippen molar-refractivity contribution in [3.63, 3.8) is 0 Å². The Kier molecular flexibility index (Phi) is 3.00. The van der Waals surface area contributed by atoms with E-state index in [1.165, 1.54) is 6.33 Å². The highest BCUT2D eigenvalue weighted by Gasteiger charge is 2.12. The molecule has 2 rings (SSSR count). The third-order valence-corrected chi connectivity index (χ3v) is 2.48. The highest BCUT2D eigenvalue weighted by atomic mass is 15.2. The molecule has 0 spiro atoms. The third kappa shape index (κ3) is 2.24. The van der Waals surface area contributed by atoms with Crippen LogP contribution in [0, 0.1) is 6.92 Å². The molecule has 0 amide bonds. The molecule has 0 aromatic carbocycles. The van der Waals surface area contributed by atoms with E-state index >= 15 is 0 Å². The van der Waals surface area contributed by atoms with Crippen LogP contribution in [0.4, 0.5) is 0 Å². The normalized spacial score (nSPS) is 18.4. The molecule has 1 aliphatic rings. The number of nitrogens with zero attached hydrogens (tertiary/aromatic N) is 4. The summed E-state index contributed by atoms with van der Waals surface area (Å²) >= 11 is 0. The van der Waals surface area contributed by atoms with Gasteiger partial charge in [-0.2, -0.15) is 5.10 Å². The summed E-state index contributed by atoms with van der Waals surface area (Å²) in [6, 6.07) is 0. The first-order chi connectivity index (χ1) is 6.86. The van der Waals surface area contributed by atoms with E-state index in [2.05, 4.69) is 25.4 Å². The van der Waals surface area contributed by atoms with Crippen LogP contribution in [0.1, 0.15) is 11.4 Å². The zero-order valence-corrected chi connectivity index (χ0v) is 8.40. The second-order valence-electron chi connectivity index (χ2n) is 3.52. The number of hydrogen-bond donors (Lipinski definition) is 1. The van der Waals surface area contributed by atoms with Gasteiger partial charge in [-0.05, 0) is 6.92 Å². The molecular weight excluding hydrogens is 178 g/mol. The monoisotopic (exact) mass is 193 g/mol. The van der Waals surface area contributed by atoms with Crippen molar-refractivity contribution in [2.24, 2.45) is 0 Å². The van der Waals surface area contributed by atoms with Crippen LogP contribution >= 0.6 is 0 Å². The first kappa shape index (κ1) is 9.48. The lowest BCUT2D eigenvalue weighted by Crippen LogP contribution is -2.43. The summed E-state index contributed by atoms with van der Waals surface area (Å²) < 4.78 is 0. The Morgan fingerprint density at radius 3 is 2.93 bits per heavy atom. The lowest BCUT2D eigenvalue weighted by atomic mass is 10.3. The number of piperazine rings is 1. The number of aromatic nitrogens is 3. The smallest absolute Gasteiger partial charge is 0.138 e. The van der Waals surface area contributed by atoms with Crippen molar-refractivity contribution in [3.05, 3.63) is 17.7 Å². The summed E-state index contributed by atoms with van der Waals surface area (Å²) in [5.74, 6) is 0. The minimum Gasteiger partial charge on any atom is -0.314 e. The molecule has 0 saturated carbocycles. The van der Waals surface area contributed by atoms with Gasteiger partial charge in [0.05, 0.1) is 11.4 Å². The molecular formula is C9H15N5. The van der Waals surface area contributed by atoms with E-state index in [4.69, 9.17) is 0 Å². The Bertz CT molecular complexity index is 295. The van der Waals surface area contributed by atoms with Crippen molar-refractivity contribution in [2.75, 3.05) is 26.2 Å². The Hall–Kier alpha value is -1.07. The van der Waals surface area contributed by atoms with Crippen LogP contribution in [0.5, 0.6) is 0 Å². The summed E-state index contributed by atoms with van der Waals surface area (Å²) in [5.41, 5.74) is 1.98. The second kappa shape index (κ2) is 4.43. The number of hydrogen-bond acceptors (Lipinski definition) is 5. The fraction of sp³-hybridized carbons (Fsp3) is 0.667. The molecule has 5 nitrogen and oxygen atoms in total. The molecule has 0 atom stereocenters. The minimum absolute atomic E-state index is 0.869. The van der Waals surface area contributed by atoms with E-state index in [-0.39, 0.29) is 0 Å². The van der Waals surface area contributed by atoms with Gasteiger partial charge in [-0.25, -0.2) is 4.98 Å². The zero-order valence-electron chi connectivity index (χ0n) is 8.40. The van der Waals surface area contributed by atoms with Gasteiger partial charge in [0.25, 0.3) is 0 Å². The van der Waals surface area contributed by atoms with Gasteiger partial charge < -0.3 is 5.32 Å². The highest BCUT2D eigenvalue weighted by Crippen LogP contribution is 2.04. The van der Waals surface area contributed by atoms with E-state index < -0.39 is 0 Å². The Labute approximate surface area is 83.6 Å². The van der Waals surface area contributed by atoms with Crippen LogP contribution in [0.2, 0.25) is 0 Å². The van der Waals surface area contributed by atoms with Gasteiger partial charge in [0.2, 0.25) is 0 Å². The van der Waals surface area contributed by atoms with Gasteiger partial charge in [0.1, 0.15) is 6.33 Å². The molecule has 1 aromatic heterocycles. The van der Waals surface area contributed by atoms with E-state index in [9.17, 15) is 0 Å². The summed E-state index contributed by atoms with van der Waals surface area (Å²) in [7, 11) is 0. The van der Waals surface area contributed by atoms with Crippen LogP contribution in [0.25, 0.3) is 0 Å². The fourth-order valence-electron chi connectivity index (χ4n) is 1.58. The van der Waals surface area contributed by atoms with Gasteiger partial charge in [-0.1, -0.05) is 0 Å². The third-order valence-electron chi connectivity index (χ3n) is 2.48. The molecule has 1 fully saturated rings. The van der Waals surface area contributed by atoms with E-state index in [0.29, 0.717) is 0 Å². The molecule has 76 valence electrons. The van der Waals surface area contributed by atoms with Crippen molar-refractivity contribution in [1.29, 1.82) is 0 Å². The highest BCUT2D eigenvalue weighted by molar-refractivity contribution is 5.05. The van der Waals surface area contributed by atoms with E-state index in [0.717, 1.165) is 44.1 Å². The van der Waals surface area contributed by atoms with Gasteiger partial charge in [-0.15, -0.1) is 5.10 Å². The van der Waals surface area contributed by atoms with Crippen molar-refractivity contribution in [2.45, 2.75) is 13.5 Å². The Morgan fingerprint density at radius 2 is 2.21 bits per heavy atom. The predicted octanol–water partition coefficient (Wildman–Crippen LogP) is -0.415. The fourth-order valence-corrected chi connectivity index (χ4v) is 1.58. The van der Waals surface area contributed by atoms with Crippen molar-refractivity contribution in [3.8, 4) is 0 Å². The first-order valence-electron chi connectivity index (χ1n) is 4.92. The minimum atomic E-state index is 0.869. The molecule has 0 aliphatic carbocycles. The molecule has 0 unspecified atom stereocenters. The number of nitrogens with one attached hydrogen (secondary N) is 1. The largest absolute Gasteiger partial charge is 0.314 e. The lowest BCUT2D eigenvalue weighted by Gasteiger charge is -2.26. The van der Waals surface area contributed by atoms with Crippen LogP contribution < -0.4 is 5.32 Å². The number of aryl methyl sites for hydroxylation is 1. The second-order valence-corrected chi connectivity index (χ2v) is 3.52. The topological polar surface area (TPSA) is 53.9 Å². The lowest BCUT2D eigenvalue weighted by molar-refractivity contribution is 0.229. The van der Waals surface area contributed by atoms with Crippen molar-refractivity contribution in [1.82, 2.24) is 25.4 Å². The SMILES string of the molecule is Cc1ncnnc1CN1CCNCC1. The van der Waals surface area contributed by atoms with Gasteiger partial charge in [0, 0.05) is 32.7 Å². The van der Waals surface area contributed by atoms with E-state index in [1.807, 2.05) is 6.92 Å². The van der Waals surface area contributed by atoms with Crippen molar-refractivity contribution >= 4 is 0 Å². The average molecular weight is 193 g/mol. The van der Waals surface area contributed by atoms with Gasteiger partial charge >= 0.3 is 0 Å². The Morgan fingerprint density at radius 1 is 1.43 bits per heavy atom. The van der Waals surface area contributed by atoms with Crippen LogP contribution in [0.3, 0.4) is 0 Å². The Balaban J connectivity index is 1.99. The molecule has 1 saturated heterocycles. The van der Waals surface area contributed by atoms with Crippen LogP contribution in [0.15, 0.2) is 6.33 Å². The maximum atomic E-state index is 4.13. The maximum absolute atomic E-state index is 4.13. The quantitative estimate of drug-likeness (QED) is 0.691. The van der Waals surface area contributed by atoms with Gasteiger partial charge in [0.15, 0.2) is 0 Å². The summed E-state index contributed by atoms with van der Waals surface area (Å²) in [6.45, 7) is 7.13. The molecule has 1 N–H and O–H groups in total. The molecule has 5 heteroatoms. The number of rotatable bonds is 2. The molecule has 14 heavy (non-hydrogen) atoms. The molecule has 0 radical (unpaired) electrons. The zero-order chi connectivity index (χ0) is 9.80.